The first kappa shape index (κ1) is 17.9. The molecule has 3 aromatic rings. The van der Waals surface area contributed by atoms with E-state index in [-0.39, 0.29) is 5.91 Å². The van der Waals surface area contributed by atoms with Gasteiger partial charge in [0.1, 0.15) is 16.5 Å². The van der Waals surface area contributed by atoms with E-state index in [9.17, 15) is 4.79 Å². The van der Waals surface area contributed by atoms with Gasteiger partial charge >= 0.3 is 0 Å². The maximum Gasteiger partial charge on any atom is 0.273 e. The fourth-order valence-corrected chi connectivity index (χ4v) is 4.26. The van der Waals surface area contributed by atoms with Crippen LogP contribution in [-0.2, 0) is 6.54 Å². The molecule has 0 unspecified atom stereocenters. The molecule has 0 saturated carbocycles. The average Bonchev–Trinajstić information content (AvgIpc) is 3.28. The zero-order chi connectivity index (χ0) is 17.8. The fraction of sp³-hybridized carbons (Fsp3) is 0.222. The first-order valence-corrected chi connectivity index (χ1v) is 9.81. The van der Waals surface area contributed by atoms with Crippen molar-refractivity contribution in [1.82, 2.24) is 9.88 Å². The van der Waals surface area contributed by atoms with Crippen molar-refractivity contribution >= 4 is 40.2 Å². The van der Waals surface area contributed by atoms with Crippen LogP contribution in [0.3, 0.4) is 0 Å². The second-order valence-electron chi connectivity index (χ2n) is 5.31. The molecule has 130 valence electrons. The van der Waals surface area contributed by atoms with E-state index in [1.165, 1.54) is 22.7 Å². The van der Waals surface area contributed by atoms with Crippen LogP contribution in [0.5, 0.6) is 5.75 Å². The molecule has 2 aromatic heterocycles. The van der Waals surface area contributed by atoms with Gasteiger partial charge in [-0.15, -0.1) is 22.7 Å². The zero-order valence-electron chi connectivity index (χ0n) is 13.9. The van der Waals surface area contributed by atoms with Crippen molar-refractivity contribution in [3.8, 4) is 15.6 Å². The molecular formula is C18H17ClN2O2S2. The number of nitrogens with zero attached hydrogens (tertiary/aromatic N) is 2. The molecule has 0 spiro atoms. The van der Waals surface area contributed by atoms with Crippen LogP contribution in [0.15, 0.2) is 41.8 Å². The Morgan fingerprint density at radius 1 is 1.24 bits per heavy atom. The number of methoxy groups -OCH3 is 1. The molecule has 3 rings (SSSR count). The summed E-state index contributed by atoms with van der Waals surface area (Å²) in [5, 5.41) is 2.63. The summed E-state index contributed by atoms with van der Waals surface area (Å²) in [4.78, 5) is 20.0. The van der Waals surface area contributed by atoms with Gasteiger partial charge in [0.2, 0.25) is 0 Å². The van der Waals surface area contributed by atoms with E-state index >= 15 is 0 Å². The van der Waals surface area contributed by atoms with Crippen LogP contribution in [0.1, 0.15) is 23.0 Å². The molecule has 0 N–H and O–H groups in total. The number of rotatable bonds is 6. The lowest BCUT2D eigenvalue weighted by atomic mass is 10.2. The molecule has 0 saturated heterocycles. The van der Waals surface area contributed by atoms with Crippen LogP contribution in [0.2, 0.25) is 4.34 Å². The van der Waals surface area contributed by atoms with Crippen LogP contribution >= 0.6 is 34.3 Å². The molecule has 0 aliphatic heterocycles. The molecular weight excluding hydrogens is 376 g/mol. The number of ether oxygens (including phenoxy) is 1. The van der Waals surface area contributed by atoms with Gasteiger partial charge in [0, 0.05) is 18.5 Å². The van der Waals surface area contributed by atoms with E-state index in [2.05, 4.69) is 4.98 Å². The van der Waals surface area contributed by atoms with Crippen LogP contribution in [-0.4, -0.2) is 29.4 Å². The third kappa shape index (κ3) is 4.21. The summed E-state index contributed by atoms with van der Waals surface area (Å²) >= 11 is 8.90. The van der Waals surface area contributed by atoms with Gasteiger partial charge in [-0.3, -0.25) is 4.79 Å². The van der Waals surface area contributed by atoms with Gasteiger partial charge in [-0.25, -0.2) is 4.98 Å². The summed E-state index contributed by atoms with van der Waals surface area (Å²) in [6, 6.07) is 11.5. The van der Waals surface area contributed by atoms with Crippen LogP contribution < -0.4 is 4.74 Å². The molecule has 2 heterocycles. The van der Waals surface area contributed by atoms with E-state index < -0.39 is 0 Å². The molecule has 0 atom stereocenters. The second kappa shape index (κ2) is 7.99. The van der Waals surface area contributed by atoms with Crippen molar-refractivity contribution in [2.45, 2.75) is 13.5 Å². The van der Waals surface area contributed by atoms with Gasteiger partial charge in [0.05, 0.1) is 16.3 Å². The molecule has 1 amide bonds. The van der Waals surface area contributed by atoms with Crippen LogP contribution in [0.25, 0.3) is 9.88 Å². The molecule has 1 aromatic carbocycles. The van der Waals surface area contributed by atoms with E-state index in [0.29, 0.717) is 23.1 Å². The Hall–Kier alpha value is -1.89. The van der Waals surface area contributed by atoms with Gasteiger partial charge in [0.25, 0.3) is 5.91 Å². The summed E-state index contributed by atoms with van der Waals surface area (Å²) in [7, 11) is 1.64. The standard InChI is InChI=1S/C18H17ClN2O2S2/c1-3-21(10-12-4-6-13(23-2)7-5-12)18(22)14-11-24-17(20-14)15-8-9-16(19)25-15/h4-9,11H,3,10H2,1-2H3. The minimum absolute atomic E-state index is 0.0662. The molecule has 0 aliphatic rings. The van der Waals surface area contributed by atoms with Crippen molar-refractivity contribution in [2.24, 2.45) is 0 Å². The minimum Gasteiger partial charge on any atom is -0.497 e. The van der Waals surface area contributed by atoms with Crippen molar-refractivity contribution in [3.63, 3.8) is 0 Å². The van der Waals surface area contributed by atoms with Gasteiger partial charge in [0.15, 0.2) is 0 Å². The highest BCUT2D eigenvalue weighted by molar-refractivity contribution is 7.23. The molecule has 25 heavy (non-hydrogen) atoms. The number of halogens is 1. The topological polar surface area (TPSA) is 42.4 Å². The molecule has 0 bridgehead atoms. The quantitative estimate of drug-likeness (QED) is 0.579. The lowest BCUT2D eigenvalue weighted by Gasteiger charge is -2.20. The van der Waals surface area contributed by atoms with Gasteiger partial charge in [-0.05, 0) is 36.8 Å². The first-order valence-electron chi connectivity index (χ1n) is 7.74. The van der Waals surface area contributed by atoms with E-state index in [1.807, 2.05) is 48.7 Å². The Kier molecular flexibility index (Phi) is 5.73. The molecule has 0 fully saturated rings. The summed E-state index contributed by atoms with van der Waals surface area (Å²) in [5.74, 6) is 0.736. The second-order valence-corrected chi connectivity index (χ2v) is 7.88. The Labute approximate surface area is 159 Å². The summed E-state index contributed by atoms with van der Waals surface area (Å²) in [5.41, 5.74) is 1.52. The summed E-state index contributed by atoms with van der Waals surface area (Å²) < 4.78 is 5.88. The number of thiazole rings is 1. The highest BCUT2D eigenvalue weighted by Crippen LogP contribution is 2.33. The summed E-state index contributed by atoms with van der Waals surface area (Å²) in [6.07, 6.45) is 0. The lowest BCUT2D eigenvalue weighted by molar-refractivity contribution is 0.0747. The Morgan fingerprint density at radius 3 is 2.60 bits per heavy atom. The fourth-order valence-electron chi connectivity index (χ4n) is 2.35. The summed E-state index contributed by atoms with van der Waals surface area (Å²) in [6.45, 7) is 3.12. The average molecular weight is 393 g/mol. The highest BCUT2D eigenvalue weighted by atomic mass is 35.5. The van der Waals surface area contributed by atoms with Crippen molar-refractivity contribution in [3.05, 3.63) is 57.4 Å². The van der Waals surface area contributed by atoms with Crippen LogP contribution in [0.4, 0.5) is 0 Å². The monoisotopic (exact) mass is 392 g/mol. The Bertz CT molecular complexity index is 858. The Morgan fingerprint density at radius 2 is 2.00 bits per heavy atom. The minimum atomic E-state index is -0.0662. The SMILES string of the molecule is CCN(Cc1ccc(OC)cc1)C(=O)c1csc(-c2ccc(Cl)s2)n1. The zero-order valence-corrected chi connectivity index (χ0v) is 16.2. The van der Waals surface area contributed by atoms with Gasteiger partial charge in [-0.1, -0.05) is 23.7 Å². The predicted octanol–water partition coefficient (Wildman–Crippen LogP) is 5.20. The largest absolute Gasteiger partial charge is 0.497 e. The number of hydrogen-bond donors (Lipinski definition) is 0. The molecule has 0 radical (unpaired) electrons. The third-order valence-corrected chi connectivity index (χ3v) is 5.95. The number of hydrogen-bond acceptors (Lipinski definition) is 5. The van der Waals surface area contributed by atoms with Crippen molar-refractivity contribution < 1.29 is 9.53 Å². The molecule has 7 heteroatoms. The van der Waals surface area contributed by atoms with Gasteiger partial charge < -0.3 is 9.64 Å². The maximum atomic E-state index is 12.8. The highest BCUT2D eigenvalue weighted by Gasteiger charge is 2.19. The number of aromatic nitrogens is 1. The number of carbonyl (C=O) groups excluding carboxylic acids is 1. The third-order valence-electron chi connectivity index (χ3n) is 3.71. The lowest BCUT2D eigenvalue weighted by Crippen LogP contribution is -2.30. The first-order chi connectivity index (χ1) is 12.1. The van der Waals surface area contributed by atoms with Crippen LogP contribution in [0, 0.1) is 0 Å². The van der Waals surface area contributed by atoms with Crippen molar-refractivity contribution in [1.29, 1.82) is 0 Å². The Balaban J connectivity index is 1.74. The molecule has 4 nitrogen and oxygen atoms in total. The van der Waals surface area contributed by atoms with Gasteiger partial charge in [-0.2, -0.15) is 0 Å². The number of carbonyl (C=O) groups is 1. The molecule has 0 aliphatic carbocycles. The van der Waals surface area contributed by atoms with E-state index in [1.54, 1.807) is 12.0 Å². The normalized spacial score (nSPS) is 10.7. The number of benzene rings is 1. The van der Waals surface area contributed by atoms with Crippen molar-refractivity contribution in [2.75, 3.05) is 13.7 Å². The maximum absolute atomic E-state index is 12.8. The van der Waals surface area contributed by atoms with E-state index in [4.69, 9.17) is 16.3 Å². The number of amides is 1. The van der Waals surface area contributed by atoms with E-state index in [0.717, 1.165) is 21.2 Å². The predicted molar refractivity (Wildman–Crippen MR) is 104 cm³/mol. The smallest absolute Gasteiger partial charge is 0.273 e. The number of thiophene rings is 1.